The second-order valence-corrected chi connectivity index (χ2v) is 9.97. The quantitative estimate of drug-likeness (QED) is 0.230. The molecule has 2 N–H and O–H groups in total. The molecule has 2 aromatic rings. The van der Waals surface area contributed by atoms with E-state index in [1.165, 1.54) is 24.5 Å². The molecule has 12 heteroatoms. The van der Waals surface area contributed by atoms with Gasteiger partial charge in [0.05, 0.1) is 17.1 Å². The van der Waals surface area contributed by atoms with E-state index in [-0.39, 0.29) is 40.5 Å². The lowest BCUT2D eigenvalue weighted by Gasteiger charge is -2.33. The number of likely N-dealkylation sites (tertiary alicyclic amines) is 1. The fourth-order valence-corrected chi connectivity index (χ4v) is 4.10. The fraction of sp³-hybridized carbons (Fsp3) is 0.500. The van der Waals surface area contributed by atoms with Crippen LogP contribution in [0.3, 0.4) is 0 Å². The average Bonchev–Trinajstić information content (AvgIpc) is 2.80. The normalized spacial score (nSPS) is 14.4. The number of amides is 2. The summed E-state index contributed by atoms with van der Waals surface area (Å²) < 4.78 is 11.2. The van der Waals surface area contributed by atoms with Gasteiger partial charge in [-0.05, 0) is 70.0 Å². The highest BCUT2D eigenvalue weighted by Gasteiger charge is 2.28. The first-order chi connectivity index (χ1) is 16.9. The Hall–Kier alpha value is -3.47. The Kier molecular flexibility index (Phi) is 8.67. The van der Waals surface area contributed by atoms with Gasteiger partial charge in [0, 0.05) is 42.7 Å². The smallest absolute Gasteiger partial charge is 0.410 e. The number of nitrogens with zero attached hydrogens (tertiary/aromatic N) is 4. The van der Waals surface area contributed by atoms with Gasteiger partial charge in [0.25, 0.3) is 0 Å². The molecule has 36 heavy (non-hydrogen) atoms. The van der Waals surface area contributed by atoms with Crippen molar-refractivity contribution in [2.45, 2.75) is 52.1 Å². The van der Waals surface area contributed by atoms with Crippen molar-refractivity contribution in [3.05, 3.63) is 45.5 Å². The van der Waals surface area contributed by atoms with Crippen molar-refractivity contribution < 1.29 is 24.0 Å². The van der Waals surface area contributed by atoms with Gasteiger partial charge in [-0.15, -0.1) is 0 Å². The molecule has 0 unspecified atom stereocenters. The van der Waals surface area contributed by atoms with E-state index in [1.54, 1.807) is 4.90 Å². The molecule has 0 radical (unpaired) electrons. The number of benzene rings is 1. The third kappa shape index (κ3) is 7.27. The van der Waals surface area contributed by atoms with Crippen LogP contribution in [-0.4, -0.2) is 57.1 Å². The second kappa shape index (κ2) is 11.5. The fourth-order valence-electron chi connectivity index (χ4n) is 4.00. The van der Waals surface area contributed by atoms with E-state index in [0.717, 1.165) is 19.3 Å². The van der Waals surface area contributed by atoms with Crippen molar-refractivity contribution in [2.24, 2.45) is 11.7 Å². The molecular formula is C24H30ClN5O6. The minimum absolute atomic E-state index is 0.0131. The van der Waals surface area contributed by atoms with Crippen LogP contribution in [0.4, 0.5) is 10.5 Å². The molecule has 1 aromatic carbocycles. The van der Waals surface area contributed by atoms with E-state index in [4.69, 9.17) is 26.8 Å². The zero-order valence-electron chi connectivity index (χ0n) is 20.5. The van der Waals surface area contributed by atoms with Gasteiger partial charge in [-0.1, -0.05) is 0 Å². The molecule has 2 heterocycles. The molecule has 1 saturated heterocycles. The van der Waals surface area contributed by atoms with Gasteiger partial charge in [-0.25, -0.2) is 14.8 Å². The topological polar surface area (TPSA) is 151 Å². The number of ether oxygens (including phenoxy) is 2. The lowest BCUT2D eigenvalue weighted by Crippen LogP contribution is -2.41. The Labute approximate surface area is 214 Å². The van der Waals surface area contributed by atoms with Gasteiger partial charge in [0.1, 0.15) is 5.60 Å². The summed E-state index contributed by atoms with van der Waals surface area (Å²) in [6, 6.07) is 2.60. The van der Waals surface area contributed by atoms with Crippen LogP contribution in [-0.2, 0) is 4.74 Å². The molecule has 1 aliphatic rings. The molecule has 1 aliphatic heterocycles. The maximum absolute atomic E-state index is 12.2. The Bertz CT molecular complexity index is 1110. The summed E-state index contributed by atoms with van der Waals surface area (Å²) >= 11 is 5.73. The van der Waals surface area contributed by atoms with E-state index in [0.29, 0.717) is 31.0 Å². The van der Waals surface area contributed by atoms with Crippen LogP contribution >= 0.6 is 11.6 Å². The van der Waals surface area contributed by atoms with Gasteiger partial charge in [-0.2, -0.15) is 0 Å². The number of nitro benzene ring substituents is 1. The van der Waals surface area contributed by atoms with Crippen LogP contribution < -0.4 is 10.5 Å². The first kappa shape index (κ1) is 27.1. The Balaban J connectivity index is 1.63. The zero-order valence-corrected chi connectivity index (χ0v) is 21.3. The van der Waals surface area contributed by atoms with E-state index in [2.05, 4.69) is 9.97 Å². The highest BCUT2D eigenvalue weighted by Crippen LogP contribution is 2.39. The van der Waals surface area contributed by atoms with Crippen molar-refractivity contribution in [3.8, 4) is 16.9 Å². The second-order valence-electron chi connectivity index (χ2n) is 9.63. The number of aromatic nitrogens is 2. The summed E-state index contributed by atoms with van der Waals surface area (Å²) in [4.78, 5) is 44.9. The van der Waals surface area contributed by atoms with E-state index >= 15 is 0 Å². The lowest BCUT2D eigenvalue weighted by molar-refractivity contribution is -0.385. The van der Waals surface area contributed by atoms with Gasteiger partial charge < -0.3 is 20.1 Å². The largest absolute Gasteiger partial charge is 0.487 e. The van der Waals surface area contributed by atoms with Crippen LogP contribution in [0.5, 0.6) is 5.75 Å². The number of rotatable bonds is 8. The van der Waals surface area contributed by atoms with Gasteiger partial charge >= 0.3 is 11.8 Å². The number of carbonyl (C=O) groups is 2. The number of nitrogens with two attached hydrogens (primary N) is 1. The summed E-state index contributed by atoms with van der Waals surface area (Å²) in [6.07, 6.45) is 5.53. The minimum Gasteiger partial charge on any atom is -0.487 e. The summed E-state index contributed by atoms with van der Waals surface area (Å²) in [6.45, 7) is 6.98. The van der Waals surface area contributed by atoms with Crippen LogP contribution in [0.1, 0.15) is 56.8 Å². The van der Waals surface area contributed by atoms with Gasteiger partial charge in [0.15, 0.2) is 5.75 Å². The third-order valence-corrected chi connectivity index (χ3v) is 5.95. The molecule has 1 fully saturated rings. The standard InChI is InChI=1S/C24H30ClN5O6/c1-24(2,3)36-23(32)29-8-6-15(7-9-29)5-4-10-35-19-12-16(21(26)31)11-18(20(19)30(33)34)17-13-27-22(25)28-14-17/h11-15H,4-10H2,1-3H3,(H2,26,31). The molecule has 0 spiro atoms. The highest BCUT2D eigenvalue weighted by atomic mass is 35.5. The Morgan fingerprint density at radius 2 is 1.86 bits per heavy atom. The predicted octanol–water partition coefficient (Wildman–Crippen LogP) is 4.61. The number of hydrogen-bond acceptors (Lipinski definition) is 8. The maximum Gasteiger partial charge on any atom is 0.410 e. The monoisotopic (exact) mass is 519 g/mol. The number of carbonyl (C=O) groups excluding carboxylic acids is 2. The summed E-state index contributed by atoms with van der Waals surface area (Å²) in [5, 5.41) is 11.9. The predicted molar refractivity (Wildman–Crippen MR) is 133 cm³/mol. The van der Waals surface area contributed by atoms with Crippen LogP contribution in [0.25, 0.3) is 11.1 Å². The lowest BCUT2D eigenvalue weighted by atomic mass is 9.92. The van der Waals surface area contributed by atoms with Gasteiger partial charge in [0.2, 0.25) is 11.2 Å². The first-order valence-corrected chi connectivity index (χ1v) is 12.0. The molecule has 0 bridgehead atoms. The molecule has 0 saturated carbocycles. The number of halogens is 1. The van der Waals surface area contributed by atoms with Crippen molar-refractivity contribution in [1.82, 2.24) is 14.9 Å². The number of nitro groups is 1. The third-order valence-electron chi connectivity index (χ3n) is 5.75. The van der Waals surface area contributed by atoms with Crippen LogP contribution in [0, 0.1) is 16.0 Å². The van der Waals surface area contributed by atoms with Crippen molar-refractivity contribution in [2.75, 3.05) is 19.7 Å². The SMILES string of the molecule is CC(C)(C)OC(=O)N1CCC(CCCOc2cc(C(N)=O)cc(-c3cnc(Cl)nc3)c2[N+](=O)[O-])CC1. The first-order valence-electron chi connectivity index (χ1n) is 11.7. The molecule has 1 aromatic heterocycles. The summed E-state index contributed by atoms with van der Waals surface area (Å²) in [5.74, 6) is -0.398. The van der Waals surface area contributed by atoms with Crippen LogP contribution in [0.15, 0.2) is 24.5 Å². The molecule has 3 rings (SSSR count). The number of primary amides is 1. The molecule has 0 aliphatic carbocycles. The Morgan fingerprint density at radius 1 is 1.22 bits per heavy atom. The highest BCUT2D eigenvalue weighted by molar-refractivity contribution is 6.28. The van der Waals surface area contributed by atoms with Gasteiger partial charge in [-0.3, -0.25) is 14.9 Å². The summed E-state index contributed by atoms with van der Waals surface area (Å²) in [5.41, 5.74) is 5.08. The van der Waals surface area contributed by atoms with Crippen LogP contribution in [0.2, 0.25) is 5.28 Å². The van der Waals surface area contributed by atoms with Crippen molar-refractivity contribution >= 4 is 29.3 Å². The molecule has 194 valence electrons. The molecule has 11 nitrogen and oxygen atoms in total. The van der Waals surface area contributed by atoms with Crippen molar-refractivity contribution in [1.29, 1.82) is 0 Å². The molecular weight excluding hydrogens is 490 g/mol. The zero-order chi connectivity index (χ0) is 26.5. The number of hydrogen-bond donors (Lipinski definition) is 1. The average molecular weight is 520 g/mol. The molecule has 2 amide bonds. The number of piperidine rings is 1. The Morgan fingerprint density at radius 3 is 2.42 bits per heavy atom. The van der Waals surface area contributed by atoms with Crippen molar-refractivity contribution in [3.63, 3.8) is 0 Å². The minimum atomic E-state index is -0.748. The maximum atomic E-state index is 12.2. The van der Waals surface area contributed by atoms with E-state index < -0.39 is 16.4 Å². The van der Waals surface area contributed by atoms with E-state index in [1.807, 2.05) is 20.8 Å². The van der Waals surface area contributed by atoms with E-state index in [9.17, 15) is 19.7 Å². The summed E-state index contributed by atoms with van der Waals surface area (Å²) in [7, 11) is 0. The molecule has 0 atom stereocenters.